The van der Waals surface area contributed by atoms with Crippen LogP contribution < -0.4 is 5.32 Å². The van der Waals surface area contributed by atoms with Gasteiger partial charge < -0.3 is 20.3 Å². The van der Waals surface area contributed by atoms with Crippen LogP contribution in [-0.4, -0.2) is 40.5 Å². The second kappa shape index (κ2) is 8.81. The number of hydrogen-bond donors (Lipinski definition) is 3. The first-order chi connectivity index (χ1) is 7.64. The number of aliphatic carboxylic acids is 1. The summed E-state index contributed by atoms with van der Waals surface area (Å²) in [5.74, 6) is -1.39. The highest BCUT2D eigenvalue weighted by Crippen LogP contribution is 2.06. The van der Waals surface area contributed by atoms with E-state index in [0.29, 0.717) is 0 Å². The van der Waals surface area contributed by atoms with Gasteiger partial charge in [-0.15, -0.1) is 0 Å². The Labute approximate surface area is 102 Å². The summed E-state index contributed by atoms with van der Waals surface area (Å²) in [7, 11) is 0. The van der Waals surface area contributed by atoms with E-state index in [0.717, 1.165) is 0 Å². The Bertz CT molecular complexity index is 235. The molecule has 3 N–H and O–H groups in total. The summed E-state index contributed by atoms with van der Waals surface area (Å²) >= 11 is 0. The van der Waals surface area contributed by atoms with Crippen LogP contribution in [0.15, 0.2) is 0 Å². The van der Waals surface area contributed by atoms with Crippen molar-refractivity contribution in [3.05, 3.63) is 0 Å². The number of carbonyl (C=O) groups excluding carboxylic acids is 1. The van der Waals surface area contributed by atoms with Crippen molar-refractivity contribution < 1.29 is 24.5 Å². The molecular weight excluding hydrogens is 226 g/mol. The number of carboxylic acids is 1. The molecule has 102 valence electrons. The van der Waals surface area contributed by atoms with Crippen molar-refractivity contribution in [2.24, 2.45) is 0 Å². The van der Waals surface area contributed by atoms with Gasteiger partial charge in [0.05, 0.1) is 6.54 Å². The van der Waals surface area contributed by atoms with Crippen molar-refractivity contribution in [1.82, 2.24) is 5.32 Å². The van der Waals surface area contributed by atoms with E-state index in [-0.39, 0.29) is 6.54 Å². The molecule has 0 aromatic rings. The van der Waals surface area contributed by atoms with Crippen LogP contribution >= 0.6 is 0 Å². The highest BCUT2D eigenvalue weighted by molar-refractivity contribution is 5.74. The van der Waals surface area contributed by atoms with Crippen LogP contribution in [0.2, 0.25) is 0 Å². The number of alkyl carbamates (subject to hydrolysis) is 1. The molecule has 0 aliphatic rings. The van der Waals surface area contributed by atoms with Gasteiger partial charge in [-0.2, -0.15) is 0 Å². The summed E-state index contributed by atoms with van der Waals surface area (Å²) in [6.45, 7) is 8.92. The second-order valence-corrected chi connectivity index (χ2v) is 4.44. The minimum Gasteiger partial charge on any atom is -0.479 e. The molecule has 0 bridgehead atoms. The van der Waals surface area contributed by atoms with Gasteiger partial charge in [0.1, 0.15) is 5.60 Å². The molecule has 0 heterocycles. The number of aliphatic hydroxyl groups is 1. The second-order valence-electron chi connectivity index (χ2n) is 4.44. The summed E-state index contributed by atoms with van der Waals surface area (Å²) in [5.41, 5.74) is -0.641. The maximum absolute atomic E-state index is 10.9. The monoisotopic (exact) mass is 249 g/mol. The van der Waals surface area contributed by atoms with Crippen molar-refractivity contribution >= 4 is 12.1 Å². The van der Waals surface area contributed by atoms with Gasteiger partial charge in [-0.3, -0.25) is 0 Å². The van der Waals surface area contributed by atoms with Crippen molar-refractivity contribution in [3.63, 3.8) is 0 Å². The zero-order chi connectivity index (χ0) is 14.1. The lowest BCUT2D eigenvalue weighted by Gasteiger charge is -2.19. The van der Waals surface area contributed by atoms with Crippen LogP contribution in [0, 0.1) is 0 Å². The first-order valence-electron chi connectivity index (χ1n) is 5.51. The van der Waals surface area contributed by atoms with Gasteiger partial charge >= 0.3 is 12.1 Å². The molecule has 6 nitrogen and oxygen atoms in total. The molecule has 0 saturated heterocycles. The summed E-state index contributed by atoms with van der Waals surface area (Å²) in [4.78, 5) is 21.1. The van der Waals surface area contributed by atoms with Crippen molar-refractivity contribution in [3.8, 4) is 0 Å². The molecule has 0 aromatic carbocycles. The first kappa shape index (κ1) is 18.1. The highest BCUT2D eigenvalue weighted by atomic mass is 16.6. The molecule has 0 aliphatic carbocycles. The smallest absolute Gasteiger partial charge is 0.407 e. The van der Waals surface area contributed by atoms with Crippen LogP contribution in [0.3, 0.4) is 0 Å². The Balaban J connectivity index is 0. The minimum absolute atomic E-state index is 0.371. The SMILES string of the molecule is CC(C)(C)OC(=O)NCC(O)C(=O)O.CCC. The molecule has 1 amide bonds. The van der Waals surface area contributed by atoms with Crippen LogP contribution in [0.1, 0.15) is 41.0 Å². The zero-order valence-corrected chi connectivity index (χ0v) is 11.1. The molecule has 0 radical (unpaired) electrons. The lowest BCUT2D eigenvalue weighted by Crippen LogP contribution is -2.39. The fourth-order valence-electron chi connectivity index (χ4n) is 0.581. The van der Waals surface area contributed by atoms with E-state index in [1.54, 1.807) is 20.8 Å². The molecule has 0 fully saturated rings. The zero-order valence-electron chi connectivity index (χ0n) is 11.1. The number of aliphatic hydroxyl groups excluding tert-OH is 1. The summed E-state index contributed by atoms with van der Waals surface area (Å²) < 4.78 is 4.81. The number of hydrogen-bond acceptors (Lipinski definition) is 4. The Hall–Kier alpha value is -1.30. The molecule has 0 aliphatic heterocycles. The first-order valence-corrected chi connectivity index (χ1v) is 5.51. The maximum Gasteiger partial charge on any atom is 0.407 e. The van der Waals surface area contributed by atoms with Gasteiger partial charge in [0.2, 0.25) is 0 Å². The van der Waals surface area contributed by atoms with E-state index in [2.05, 4.69) is 19.2 Å². The lowest BCUT2D eigenvalue weighted by atomic mass is 10.2. The average Bonchev–Trinajstić information content (AvgIpc) is 2.12. The fraction of sp³-hybridized carbons (Fsp3) is 0.818. The highest BCUT2D eigenvalue weighted by Gasteiger charge is 2.18. The molecule has 0 aromatic heterocycles. The molecule has 17 heavy (non-hydrogen) atoms. The summed E-state index contributed by atoms with van der Waals surface area (Å²) in [6.07, 6.45) is -1.11. The Morgan fingerprint density at radius 2 is 1.71 bits per heavy atom. The molecule has 1 unspecified atom stereocenters. The third-order valence-corrected chi connectivity index (χ3v) is 1.12. The number of rotatable bonds is 3. The Kier molecular flexibility index (Phi) is 9.36. The molecular formula is C11H23NO5. The molecule has 1 atom stereocenters. The van der Waals surface area contributed by atoms with E-state index in [1.165, 1.54) is 6.42 Å². The van der Waals surface area contributed by atoms with E-state index in [1.807, 2.05) is 0 Å². The molecule has 0 rings (SSSR count). The largest absolute Gasteiger partial charge is 0.479 e. The Morgan fingerprint density at radius 3 is 2.00 bits per heavy atom. The van der Waals surface area contributed by atoms with Crippen LogP contribution in [0.5, 0.6) is 0 Å². The lowest BCUT2D eigenvalue weighted by molar-refractivity contribution is -0.146. The Morgan fingerprint density at radius 1 is 1.29 bits per heavy atom. The third-order valence-electron chi connectivity index (χ3n) is 1.12. The predicted molar refractivity (Wildman–Crippen MR) is 63.8 cm³/mol. The predicted octanol–water partition coefficient (Wildman–Crippen LogP) is 1.37. The quantitative estimate of drug-likeness (QED) is 0.702. The molecule has 0 spiro atoms. The van der Waals surface area contributed by atoms with E-state index in [9.17, 15) is 9.59 Å². The van der Waals surface area contributed by atoms with Crippen molar-refractivity contribution in [2.45, 2.75) is 52.7 Å². The maximum atomic E-state index is 10.9. The number of carbonyl (C=O) groups is 2. The van der Waals surface area contributed by atoms with Gasteiger partial charge in [0, 0.05) is 0 Å². The number of nitrogens with one attached hydrogen (secondary N) is 1. The number of ether oxygens (including phenoxy) is 1. The average molecular weight is 249 g/mol. The van der Waals surface area contributed by atoms with Gasteiger partial charge in [0.15, 0.2) is 6.10 Å². The number of amides is 1. The van der Waals surface area contributed by atoms with Crippen molar-refractivity contribution in [2.75, 3.05) is 6.54 Å². The van der Waals surface area contributed by atoms with E-state index >= 15 is 0 Å². The van der Waals surface area contributed by atoms with Crippen LogP contribution in [-0.2, 0) is 9.53 Å². The standard InChI is InChI=1S/C8H15NO5.C3H8/c1-8(2,3)14-7(13)9-4-5(10)6(11)12;1-3-2/h5,10H,4H2,1-3H3,(H,9,13)(H,11,12);3H2,1-2H3. The van der Waals surface area contributed by atoms with E-state index in [4.69, 9.17) is 14.9 Å². The van der Waals surface area contributed by atoms with Gasteiger partial charge in [-0.1, -0.05) is 20.3 Å². The molecule has 6 heteroatoms. The molecule has 0 saturated carbocycles. The van der Waals surface area contributed by atoms with Crippen molar-refractivity contribution in [1.29, 1.82) is 0 Å². The summed E-state index contributed by atoms with van der Waals surface area (Å²) in [5, 5.41) is 19.2. The minimum atomic E-state index is -1.61. The van der Waals surface area contributed by atoms with Crippen LogP contribution in [0.25, 0.3) is 0 Å². The van der Waals surface area contributed by atoms with Crippen LogP contribution in [0.4, 0.5) is 4.79 Å². The van der Waals surface area contributed by atoms with E-state index < -0.39 is 23.8 Å². The van der Waals surface area contributed by atoms with Gasteiger partial charge in [-0.25, -0.2) is 9.59 Å². The topological polar surface area (TPSA) is 95.9 Å². The summed E-state index contributed by atoms with van der Waals surface area (Å²) in [6, 6.07) is 0. The van der Waals surface area contributed by atoms with Gasteiger partial charge in [-0.05, 0) is 20.8 Å². The van der Waals surface area contributed by atoms with Gasteiger partial charge in [0.25, 0.3) is 0 Å². The fourth-order valence-corrected chi connectivity index (χ4v) is 0.581. The normalized spacial score (nSPS) is 11.9. The third kappa shape index (κ3) is 14.7. The number of carboxylic acid groups (broad SMARTS) is 1.